The van der Waals surface area contributed by atoms with E-state index in [1.807, 2.05) is 0 Å². The molecule has 0 saturated carbocycles. The fourth-order valence-corrected chi connectivity index (χ4v) is 5.07. The smallest absolute Gasteiger partial charge is 0.548 e. The molecule has 0 aromatic heterocycles. The number of carboxylic acid groups (broad SMARTS) is 1. The van der Waals surface area contributed by atoms with Crippen LogP contribution in [0.1, 0.15) is 20.8 Å². The van der Waals surface area contributed by atoms with E-state index >= 15 is 0 Å². The third-order valence-electron chi connectivity index (χ3n) is 3.68. The van der Waals surface area contributed by atoms with Crippen molar-refractivity contribution in [1.82, 2.24) is 9.62 Å². The number of carbonyl (C=O) groups is 3. The predicted molar refractivity (Wildman–Crippen MR) is 77.6 cm³/mol. The predicted octanol–water partition coefficient (Wildman–Crippen LogP) is -4.77. The average Bonchev–Trinajstić information content (AvgIpc) is 2.57. The molecule has 128 valence electrons. The summed E-state index contributed by atoms with van der Waals surface area (Å²) in [5, 5.41) is 9.78. The number of hydrogen-bond acceptors (Lipinski definition) is 9. The first kappa shape index (κ1) is 21.2. The monoisotopic (exact) mass is 387 g/mol. The minimum absolute atomic E-state index is 0. The summed E-state index contributed by atoms with van der Waals surface area (Å²) in [4.78, 5) is 35.1. The van der Waals surface area contributed by atoms with Gasteiger partial charge in [0, 0.05) is 0 Å². The number of rotatable bonds is 4. The van der Waals surface area contributed by atoms with Gasteiger partial charge in [-0.3, -0.25) is 4.79 Å². The van der Waals surface area contributed by atoms with Crippen LogP contribution in [0.2, 0.25) is 0 Å². The van der Waals surface area contributed by atoms with E-state index in [4.69, 9.17) is 0 Å². The van der Waals surface area contributed by atoms with Crippen molar-refractivity contribution in [3.63, 3.8) is 0 Å². The van der Waals surface area contributed by atoms with Gasteiger partial charge in [-0.2, -0.15) is 4.40 Å². The first-order valence-corrected chi connectivity index (χ1v) is 8.83. The minimum Gasteiger partial charge on any atom is -0.548 e. The number of β-lactam (4-membered cyclic amide) rings is 1. The van der Waals surface area contributed by atoms with E-state index in [2.05, 4.69) is 13.9 Å². The van der Waals surface area contributed by atoms with Crippen LogP contribution in [0.4, 0.5) is 4.79 Å². The summed E-state index contributed by atoms with van der Waals surface area (Å²) in [5.74, 6) is -2.47. The molecule has 2 saturated heterocycles. The summed E-state index contributed by atoms with van der Waals surface area (Å²) in [5.41, 5.74) is -0.344. The number of amides is 2. The largest absolute Gasteiger partial charge is 1.00 e. The summed E-state index contributed by atoms with van der Waals surface area (Å²) in [6.45, 7) is 4.16. The van der Waals surface area contributed by atoms with Crippen molar-refractivity contribution >= 4 is 45.7 Å². The van der Waals surface area contributed by atoms with Gasteiger partial charge in [0.1, 0.15) is 0 Å². The second kappa shape index (κ2) is 7.20. The number of hydrogen-bond donors (Lipinski definition) is 1. The number of nitrogens with one attached hydrogen (secondary N) is 1. The molecule has 10 nitrogen and oxygen atoms in total. The molecule has 2 rings (SSSR count). The van der Waals surface area contributed by atoms with E-state index < -0.39 is 44.0 Å². The maximum atomic E-state index is 12.5. The summed E-state index contributed by atoms with van der Waals surface area (Å²) < 4.78 is 33.6. The summed E-state index contributed by atoms with van der Waals surface area (Å²) >= 11 is 0.437. The number of aliphatic carboxylic acids is 1. The number of carbonyl (C=O) groups excluding carboxylic acids is 3. The zero-order valence-corrected chi connectivity index (χ0v) is 17.1. The molecule has 0 aromatic carbocycles. The Labute approximate surface area is 164 Å². The van der Waals surface area contributed by atoms with Crippen molar-refractivity contribution in [3.8, 4) is 0 Å². The normalized spacial score (nSPS) is 27.7. The third kappa shape index (κ3) is 3.05. The molecule has 0 spiro atoms. The summed E-state index contributed by atoms with van der Waals surface area (Å²) in [6.07, 6.45) is -0.798. The molecule has 1 N–H and O–H groups in total. The zero-order valence-electron chi connectivity index (χ0n) is 13.4. The number of carboxylic acids is 1. The van der Waals surface area contributed by atoms with E-state index in [0.717, 1.165) is 4.90 Å². The maximum absolute atomic E-state index is 12.5. The van der Waals surface area contributed by atoms with Crippen LogP contribution in [0.5, 0.6) is 0 Å². The van der Waals surface area contributed by atoms with Gasteiger partial charge in [-0.15, -0.1) is 0 Å². The van der Waals surface area contributed by atoms with Crippen molar-refractivity contribution in [1.29, 1.82) is 0 Å². The van der Waals surface area contributed by atoms with Crippen molar-refractivity contribution in [2.75, 3.05) is 6.61 Å². The molecule has 2 aliphatic heterocycles. The average molecular weight is 387 g/mol. The molecular formula is C11H14N3NaO7S2. The van der Waals surface area contributed by atoms with Gasteiger partial charge in [-0.1, -0.05) is 0 Å². The summed E-state index contributed by atoms with van der Waals surface area (Å²) in [6, 6.07) is -1.59. The molecule has 2 fully saturated rings. The van der Waals surface area contributed by atoms with E-state index in [9.17, 15) is 27.9 Å². The molecule has 0 bridgehead atoms. The van der Waals surface area contributed by atoms with E-state index in [0.29, 0.717) is 12.1 Å². The molecule has 2 aliphatic rings. The molecule has 2 heterocycles. The van der Waals surface area contributed by atoms with Crippen LogP contribution in [0.15, 0.2) is 4.40 Å². The van der Waals surface area contributed by atoms with Crippen molar-refractivity contribution in [2.24, 2.45) is 4.40 Å². The number of fused-ring (bicyclic) bond motifs is 1. The number of nitrogens with zero attached hydrogens (tertiary/aromatic N) is 2. The van der Waals surface area contributed by atoms with Gasteiger partial charge in [0.05, 0.1) is 35.5 Å². The molecule has 2 amide bonds. The van der Waals surface area contributed by atoms with Crippen LogP contribution in [0.25, 0.3) is 0 Å². The molecule has 13 heteroatoms. The molecule has 0 radical (unpaired) electrons. The molecular weight excluding hydrogens is 373 g/mol. The quantitative estimate of drug-likeness (QED) is 0.287. The van der Waals surface area contributed by atoms with E-state index in [1.165, 1.54) is 13.8 Å². The van der Waals surface area contributed by atoms with Crippen LogP contribution < -0.4 is 39.4 Å². The fourth-order valence-electron chi connectivity index (χ4n) is 2.49. The fraction of sp³-hybridized carbons (Fsp3) is 0.636. The Kier molecular flexibility index (Phi) is 6.36. The van der Waals surface area contributed by atoms with Crippen LogP contribution in [0, 0.1) is 0 Å². The molecule has 0 unspecified atom stereocenters. The third-order valence-corrected chi connectivity index (χ3v) is 6.95. The Bertz CT molecular complexity index is 706. The Morgan fingerprint density at radius 1 is 1.46 bits per heavy atom. The Balaban J connectivity index is 0.00000288. The topological polar surface area (TPSA) is 145 Å². The summed E-state index contributed by atoms with van der Waals surface area (Å²) in [7, 11) is -4.01. The Morgan fingerprint density at radius 3 is 2.54 bits per heavy atom. The standard InChI is InChI=1S/C11H15N3O7S2.Na/c1-4-21-10(18)13-22-12-5-7(15)14-6(9(16)17)11(2,3)23(19,20)8(5)14;/h6,8H,4H2,1-3H3,(H,13,18)(H,16,17);/q;+1/p-1/t6-,8+;/m0./s1. The van der Waals surface area contributed by atoms with Crippen molar-refractivity contribution < 1.29 is 62.2 Å². The number of ether oxygens (including phenoxy) is 1. The van der Waals surface area contributed by atoms with Crippen LogP contribution in [-0.4, -0.2) is 59.8 Å². The van der Waals surface area contributed by atoms with Crippen molar-refractivity contribution in [3.05, 3.63) is 0 Å². The minimum atomic E-state index is -4.01. The van der Waals surface area contributed by atoms with Gasteiger partial charge in [-0.25, -0.2) is 17.9 Å². The first-order valence-electron chi connectivity index (χ1n) is 6.51. The number of sulfone groups is 1. The SMILES string of the molecule is CCOC(=O)NSN=C1C(=O)N2[C@@H](C(=O)[O-])C(C)(C)S(=O)(=O)[C@H]12.[Na+]. The van der Waals surface area contributed by atoms with Crippen LogP contribution >= 0.6 is 12.1 Å². The Morgan fingerprint density at radius 2 is 2.04 bits per heavy atom. The van der Waals surface area contributed by atoms with Crippen LogP contribution in [-0.2, 0) is 24.2 Å². The van der Waals surface area contributed by atoms with Crippen LogP contribution in [0.3, 0.4) is 0 Å². The van der Waals surface area contributed by atoms with Crippen molar-refractivity contribution in [2.45, 2.75) is 36.9 Å². The van der Waals surface area contributed by atoms with Gasteiger partial charge in [-0.05, 0) is 20.8 Å². The second-order valence-electron chi connectivity index (χ2n) is 5.33. The van der Waals surface area contributed by atoms with E-state index in [-0.39, 0.29) is 41.9 Å². The van der Waals surface area contributed by atoms with Gasteiger partial charge >= 0.3 is 35.7 Å². The van der Waals surface area contributed by atoms with Gasteiger partial charge in [0.15, 0.2) is 20.9 Å². The zero-order chi connectivity index (χ0) is 17.6. The van der Waals surface area contributed by atoms with Gasteiger partial charge < -0.3 is 19.5 Å². The van der Waals surface area contributed by atoms with Gasteiger partial charge in [0.25, 0.3) is 5.91 Å². The Hall–Kier alpha value is -0.820. The molecule has 24 heavy (non-hydrogen) atoms. The first-order chi connectivity index (χ1) is 10.6. The maximum Gasteiger partial charge on any atom is 1.00 e. The van der Waals surface area contributed by atoms with E-state index in [1.54, 1.807) is 6.92 Å². The molecule has 2 atom stereocenters. The second-order valence-corrected chi connectivity index (χ2v) is 8.48. The molecule has 0 aliphatic carbocycles. The molecule has 0 aromatic rings. The van der Waals surface area contributed by atoms with Gasteiger partial charge in [0.2, 0.25) is 0 Å².